The molecule has 1 aromatic rings. The minimum Gasteiger partial charge on any atom is -0.490 e. The Hall–Kier alpha value is -2.28. The van der Waals surface area contributed by atoms with Gasteiger partial charge in [0.15, 0.2) is 24.1 Å². The number of hydrogen-bond donors (Lipinski definition) is 2. The van der Waals surface area contributed by atoms with E-state index in [-0.39, 0.29) is 24.4 Å². The van der Waals surface area contributed by atoms with Crippen LogP contribution >= 0.6 is 0 Å². The highest BCUT2D eigenvalue weighted by atomic mass is 16.5. The molecule has 0 fully saturated rings. The Morgan fingerprint density at radius 3 is 2.32 bits per heavy atom. The maximum Gasteiger partial charge on any atom is 0.280 e. The molecule has 0 spiro atoms. The van der Waals surface area contributed by atoms with Crippen molar-refractivity contribution in [1.82, 2.24) is 4.90 Å². The summed E-state index contributed by atoms with van der Waals surface area (Å²) in [6.45, 7) is 6.85. The number of quaternary nitrogens is 1. The molecule has 0 bridgehead atoms. The van der Waals surface area contributed by atoms with Crippen LogP contribution in [-0.4, -0.2) is 63.7 Å². The van der Waals surface area contributed by atoms with Crippen molar-refractivity contribution in [2.24, 2.45) is 0 Å². The zero-order valence-electron chi connectivity index (χ0n) is 16.0. The van der Waals surface area contributed by atoms with Crippen molar-refractivity contribution in [3.8, 4) is 11.5 Å². The van der Waals surface area contributed by atoms with Crippen molar-refractivity contribution in [3.05, 3.63) is 18.2 Å². The lowest BCUT2D eigenvalue weighted by molar-refractivity contribution is -0.886. The molecule has 2 amide bonds. The smallest absolute Gasteiger partial charge is 0.280 e. The molecular weight excluding hydrogens is 322 g/mol. The predicted molar refractivity (Wildman–Crippen MR) is 97.3 cm³/mol. The molecule has 0 radical (unpaired) electrons. The summed E-state index contributed by atoms with van der Waals surface area (Å²) in [6, 6.07) is 5.00. The average Bonchev–Trinajstić information content (AvgIpc) is 2.55. The summed E-state index contributed by atoms with van der Waals surface area (Å²) in [5.74, 6) is 1.07. The first-order chi connectivity index (χ1) is 11.8. The summed E-state index contributed by atoms with van der Waals surface area (Å²) >= 11 is 0. The normalized spacial score (nSPS) is 12.9. The first kappa shape index (κ1) is 20.8. The summed E-state index contributed by atoms with van der Waals surface area (Å²) in [5, 5.41) is 2.84. The van der Waals surface area contributed by atoms with Crippen LogP contribution in [0.15, 0.2) is 18.2 Å². The summed E-state index contributed by atoms with van der Waals surface area (Å²) in [4.78, 5) is 26.6. The predicted octanol–water partition coefficient (Wildman–Crippen LogP) is 0.414. The van der Waals surface area contributed by atoms with Crippen molar-refractivity contribution < 1.29 is 24.0 Å². The minimum absolute atomic E-state index is 0.00926. The van der Waals surface area contributed by atoms with E-state index in [4.69, 9.17) is 9.47 Å². The van der Waals surface area contributed by atoms with Crippen LogP contribution in [0.4, 0.5) is 5.69 Å². The molecule has 0 aliphatic carbocycles. The van der Waals surface area contributed by atoms with Gasteiger partial charge in [-0.25, -0.2) is 0 Å². The molecule has 25 heavy (non-hydrogen) atoms. The molecule has 0 heterocycles. The molecule has 7 heteroatoms. The van der Waals surface area contributed by atoms with Crippen LogP contribution < -0.4 is 19.7 Å². The second-order valence-corrected chi connectivity index (χ2v) is 6.05. The number of rotatable bonds is 9. The van der Waals surface area contributed by atoms with Gasteiger partial charge in [0.05, 0.1) is 20.3 Å². The number of carbonyl (C=O) groups excluding carboxylic acids is 2. The third-order valence-electron chi connectivity index (χ3n) is 3.82. The van der Waals surface area contributed by atoms with Gasteiger partial charge in [-0.3, -0.25) is 9.59 Å². The summed E-state index contributed by atoms with van der Waals surface area (Å²) < 4.78 is 11.1. The number of ether oxygens (including phenoxy) is 2. The van der Waals surface area contributed by atoms with Gasteiger partial charge in [-0.2, -0.15) is 0 Å². The Balaban J connectivity index is 2.73. The number of anilines is 1. The highest BCUT2D eigenvalue weighted by molar-refractivity contribution is 5.92. The van der Waals surface area contributed by atoms with Crippen LogP contribution in [0.2, 0.25) is 0 Å². The fourth-order valence-electron chi connectivity index (χ4n) is 2.34. The maximum absolute atomic E-state index is 12.3. The van der Waals surface area contributed by atoms with Gasteiger partial charge in [0, 0.05) is 25.8 Å². The van der Waals surface area contributed by atoms with E-state index in [0.29, 0.717) is 30.4 Å². The molecule has 1 unspecified atom stereocenters. The SMILES string of the molecule is CCOc1ccc(NC(=O)C[NH+](C)[C@H](C)C(=O)N(C)C)cc1OCC. The zero-order chi connectivity index (χ0) is 19.0. The zero-order valence-corrected chi connectivity index (χ0v) is 16.0. The quantitative estimate of drug-likeness (QED) is 0.675. The summed E-state index contributed by atoms with van der Waals surface area (Å²) in [7, 11) is 5.25. The van der Waals surface area contributed by atoms with Crippen LogP contribution in [0.5, 0.6) is 11.5 Å². The molecule has 0 saturated heterocycles. The maximum atomic E-state index is 12.3. The number of nitrogens with zero attached hydrogens (tertiary/aromatic N) is 1. The molecule has 1 rings (SSSR count). The first-order valence-corrected chi connectivity index (χ1v) is 8.53. The van der Waals surface area contributed by atoms with Gasteiger partial charge in [0.1, 0.15) is 0 Å². The molecule has 7 nitrogen and oxygen atoms in total. The van der Waals surface area contributed by atoms with Crippen molar-refractivity contribution in [3.63, 3.8) is 0 Å². The van der Waals surface area contributed by atoms with E-state index in [1.807, 2.05) is 27.8 Å². The van der Waals surface area contributed by atoms with Crippen molar-refractivity contribution >= 4 is 17.5 Å². The van der Waals surface area contributed by atoms with Crippen LogP contribution in [0.1, 0.15) is 20.8 Å². The summed E-state index contributed by atoms with van der Waals surface area (Å²) in [5.41, 5.74) is 0.635. The second kappa shape index (κ2) is 9.88. The molecule has 2 atom stereocenters. The van der Waals surface area contributed by atoms with Gasteiger partial charge >= 0.3 is 0 Å². The Bertz CT molecular complexity index is 590. The van der Waals surface area contributed by atoms with E-state index in [2.05, 4.69) is 5.32 Å². The van der Waals surface area contributed by atoms with Crippen molar-refractivity contribution in [1.29, 1.82) is 0 Å². The van der Waals surface area contributed by atoms with Crippen molar-refractivity contribution in [2.75, 3.05) is 46.2 Å². The Kier molecular flexibility index (Phi) is 8.21. The topological polar surface area (TPSA) is 72.3 Å². The van der Waals surface area contributed by atoms with E-state index in [1.165, 1.54) is 4.90 Å². The van der Waals surface area contributed by atoms with Crippen LogP contribution in [0.25, 0.3) is 0 Å². The second-order valence-electron chi connectivity index (χ2n) is 6.05. The lowest BCUT2D eigenvalue weighted by Gasteiger charge is -2.23. The number of benzene rings is 1. The highest BCUT2D eigenvalue weighted by Crippen LogP contribution is 2.30. The van der Waals surface area contributed by atoms with Crippen LogP contribution in [0, 0.1) is 0 Å². The van der Waals surface area contributed by atoms with Crippen molar-refractivity contribution in [2.45, 2.75) is 26.8 Å². The van der Waals surface area contributed by atoms with Gasteiger partial charge in [-0.05, 0) is 32.9 Å². The lowest BCUT2D eigenvalue weighted by atomic mass is 10.2. The van der Waals surface area contributed by atoms with E-state index >= 15 is 0 Å². The molecule has 0 saturated carbocycles. The first-order valence-electron chi connectivity index (χ1n) is 8.53. The largest absolute Gasteiger partial charge is 0.490 e. The molecule has 2 N–H and O–H groups in total. The molecule has 0 aromatic heterocycles. The number of carbonyl (C=O) groups is 2. The minimum atomic E-state index is -0.292. The van der Waals surface area contributed by atoms with E-state index in [1.54, 1.807) is 32.3 Å². The van der Waals surface area contributed by atoms with Crippen LogP contribution in [0.3, 0.4) is 0 Å². The van der Waals surface area contributed by atoms with Crippen LogP contribution in [-0.2, 0) is 9.59 Å². The Morgan fingerprint density at radius 1 is 1.16 bits per heavy atom. The van der Waals surface area contributed by atoms with Gasteiger partial charge < -0.3 is 24.6 Å². The number of likely N-dealkylation sites (N-methyl/N-ethyl adjacent to an activating group) is 2. The highest BCUT2D eigenvalue weighted by Gasteiger charge is 2.25. The molecule has 1 aromatic carbocycles. The van der Waals surface area contributed by atoms with E-state index in [9.17, 15) is 9.59 Å². The Morgan fingerprint density at radius 2 is 1.76 bits per heavy atom. The third kappa shape index (κ3) is 6.26. The van der Waals surface area contributed by atoms with E-state index < -0.39 is 0 Å². The monoisotopic (exact) mass is 352 g/mol. The van der Waals surface area contributed by atoms with Gasteiger partial charge in [-0.15, -0.1) is 0 Å². The molecule has 0 aliphatic rings. The van der Waals surface area contributed by atoms with E-state index in [0.717, 1.165) is 4.90 Å². The molecule has 140 valence electrons. The number of hydrogen-bond acceptors (Lipinski definition) is 4. The lowest BCUT2D eigenvalue weighted by Crippen LogP contribution is -3.15. The number of nitrogens with one attached hydrogen (secondary N) is 2. The molecule has 0 aliphatic heterocycles. The Labute approximate surface area is 149 Å². The third-order valence-corrected chi connectivity index (χ3v) is 3.82. The van der Waals surface area contributed by atoms with Gasteiger partial charge in [0.2, 0.25) is 0 Å². The fraction of sp³-hybridized carbons (Fsp3) is 0.556. The number of amides is 2. The standard InChI is InChI=1S/C18H29N3O4/c1-7-24-15-10-9-14(11-16(15)25-8-2)19-17(22)12-21(6)13(3)18(23)20(4)5/h9-11,13H,7-8,12H2,1-6H3,(H,19,22)/p+1/t13-/m1/s1. The van der Waals surface area contributed by atoms with Gasteiger partial charge in [-0.1, -0.05) is 0 Å². The van der Waals surface area contributed by atoms with Gasteiger partial charge in [0.25, 0.3) is 11.8 Å². The average molecular weight is 352 g/mol. The summed E-state index contributed by atoms with van der Waals surface area (Å²) in [6.07, 6.45) is 0. The molecular formula is C18H30N3O4+. The fourth-order valence-corrected chi connectivity index (χ4v) is 2.34.